The van der Waals surface area contributed by atoms with Crippen LogP contribution in [-0.2, 0) is 4.79 Å². The highest BCUT2D eigenvalue weighted by Crippen LogP contribution is 2.27. The minimum absolute atomic E-state index is 0.0990. The van der Waals surface area contributed by atoms with Crippen molar-refractivity contribution in [2.45, 2.75) is 0 Å². The van der Waals surface area contributed by atoms with Crippen LogP contribution in [0, 0.1) is 0 Å². The Morgan fingerprint density at radius 3 is 2.24 bits per heavy atom. The zero-order valence-electron chi connectivity index (χ0n) is 15.2. The van der Waals surface area contributed by atoms with Gasteiger partial charge in [0.2, 0.25) is 0 Å². The second-order valence-corrected chi connectivity index (χ2v) is 6.27. The molecule has 7 heteroatoms. The third-order valence-corrected chi connectivity index (χ3v) is 4.19. The average Bonchev–Trinajstić information content (AvgIpc) is 3.02. The number of carbonyl (C=O) groups is 3. The number of hydrogen-bond donors (Lipinski definition) is 2. The lowest BCUT2D eigenvalue weighted by Crippen LogP contribution is -2.20. The largest absolute Gasteiger partial charge is 0.484 e. The Labute approximate surface area is 166 Å². The predicted octanol–water partition coefficient (Wildman–Crippen LogP) is 3.38. The van der Waals surface area contributed by atoms with Crippen molar-refractivity contribution in [3.63, 3.8) is 0 Å². The Hall–Kier alpha value is -4.13. The number of nitrogens with one attached hydrogen (secondary N) is 2. The maximum Gasteiger partial charge on any atom is 0.262 e. The van der Waals surface area contributed by atoms with Crippen LogP contribution < -0.4 is 20.1 Å². The second kappa shape index (κ2) is 7.85. The summed E-state index contributed by atoms with van der Waals surface area (Å²) in [6.45, 7) is -0.0990. The van der Waals surface area contributed by atoms with Gasteiger partial charge in [-0.05, 0) is 54.6 Å². The Morgan fingerprint density at radius 1 is 0.793 bits per heavy atom. The zero-order chi connectivity index (χ0) is 20.2. The van der Waals surface area contributed by atoms with Gasteiger partial charge in [-0.3, -0.25) is 19.7 Å². The number of fused-ring (bicyclic) bond motifs is 1. The van der Waals surface area contributed by atoms with E-state index in [4.69, 9.17) is 9.47 Å². The minimum atomic E-state index is -0.439. The molecule has 3 amide bonds. The lowest BCUT2D eigenvalue weighted by atomic mass is 10.1. The third kappa shape index (κ3) is 4.24. The standard InChI is InChI=1S/C22H16N2O5/c25-20(13-28-15-4-2-1-3-5-15)23-14-6-8-16(9-7-14)29-17-10-11-18-19(12-17)22(27)24-21(18)26/h1-12H,13H2,(H,23,25)(H,24,26,27). The molecule has 0 radical (unpaired) electrons. The van der Waals surface area contributed by atoms with E-state index in [0.29, 0.717) is 28.5 Å². The van der Waals surface area contributed by atoms with Crippen molar-refractivity contribution in [3.05, 3.63) is 83.9 Å². The van der Waals surface area contributed by atoms with Crippen molar-refractivity contribution in [3.8, 4) is 17.2 Å². The molecule has 144 valence electrons. The topological polar surface area (TPSA) is 93.7 Å². The summed E-state index contributed by atoms with van der Waals surface area (Å²) >= 11 is 0. The van der Waals surface area contributed by atoms with Gasteiger partial charge < -0.3 is 14.8 Å². The molecule has 3 aromatic carbocycles. The lowest BCUT2D eigenvalue weighted by Gasteiger charge is -2.09. The van der Waals surface area contributed by atoms with Gasteiger partial charge in [0.1, 0.15) is 17.2 Å². The molecule has 1 heterocycles. The van der Waals surface area contributed by atoms with Crippen molar-refractivity contribution >= 4 is 23.4 Å². The Bertz CT molecular complexity index is 1080. The molecule has 3 aromatic rings. The fraction of sp³-hybridized carbons (Fsp3) is 0.0455. The molecule has 4 rings (SSSR count). The van der Waals surface area contributed by atoms with Crippen molar-refractivity contribution < 1.29 is 23.9 Å². The molecule has 1 aliphatic heterocycles. The molecule has 0 fully saturated rings. The number of imide groups is 1. The Kier molecular flexibility index (Phi) is 4.94. The van der Waals surface area contributed by atoms with E-state index in [9.17, 15) is 14.4 Å². The third-order valence-electron chi connectivity index (χ3n) is 4.19. The highest BCUT2D eigenvalue weighted by atomic mass is 16.5. The summed E-state index contributed by atoms with van der Waals surface area (Å²) in [7, 11) is 0. The minimum Gasteiger partial charge on any atom is -0.484 e. The first-order valence-corrected chi connectivity index (χ1v) is 8.84. The molecule has 0 aliphatic carbocycles. The number of para-hydroxylation sites is 1. The molecule has 0 bridgehead atoms. The van der Waals surface area contributed by atoms with Gasteiger partial charge in [-0.2, -0.15) is 0 Å². The van der Waals surface area contributed by atoms with Crippen LogP contribution in [-0.4, -0.2) is 24.3 Å². The average molecular weight is 388 g/mol. The van der Waals surface area contributed by atoms with Crippen LogP contribution in [0.25, 0.3) is 0 Å². The van der Waals surface area contributed by atoms with Crippen LogP contribution in [0.1, 0.15) is 20.7 Å². The molecule has 0 atom stereocenters. The Balaban J connectivity index is 1.35. The van der Waals surface area contributed by atoms with Crippen molar-refractivity contribution in [2.24, 2.45) is 0 Å². The number of rotatable bonds is 6. The second-order valence-electron chi connectivity index (χ2n) is 6.27. The Morgan fingerprint density at radius 2 is 1.48 bits per heavy atom. The van der Waals surface area contributed by atoms with Crippen LogP contribution in [0.5, 0.6) is 17.2 Å². The number of anilines is 1. The molecule has 0 spiro atoms. The summed E-state index contributed by atoms with van der Waals surface area (Å²) in [5.41, 5.74) is 1.21. The fourth-order valence-corrected chi connectivity index (χ4v) is 2.82. The summed E-state index contributed by atoms with van der Waals surface area (Å²) in [5, 5.41) is 4.97. The van der Waals surface area contributed by atoms with E-state index in [-0.39, 0.29) is 18.1 Å². The van der Waals surface area contributed by atoms with Crippen molar-refractivity contribution in [1.82, 2.24) is 5.32 Å². The predicted molar refractivity (Wildman–Crippen MR) is 105 cm³/mol. The quantitative estimate of drug-likeness (QED) is 0.632. The van der Waals surface area contributed by atoms with Gasteiger partial charge in [0.05, 0.1) is 11.1 Å². The van der Waals surface area contributed by atoms with E-state index < -0.39 is 11.8 Å². The maximum absolute atomic E-state index is 12.0. The van der Waals surface area contributed by atoms with Gasteiger partial charge in [0, 0.05) is 5.69 Å². The van der Waals surface area contributed by atoms with E-state index in [1.165, 1.54) is 6.07 Å². The molecule has 0 unspecified atom stereocenters. The van der Waals surface area contributed by atoms with Gasteiger partial charge in [0.25, 0.3) is 17.7 Å². The SMILES string of the molecule is O=C(COc1ccccc1)Nc1ccc(Oc2ccc3c(c2)C(=O)NC3=O)cc1. The van der Waals surface area contributed by atoms with E-state index in [0.717, 1.165) is 0 Å². The normalized spacial score (nSPS) is 12.1. The number of benzene rings is 3. The summed E-state index contributed by atoms with van der Waals surface area (Å²) in [5.74, 6) is 0.446. The smallest absolute Gasteiger partial charge is 0.262 e. The van der Waals surface area contributed by atoms with Crippen LogP contribution in [0.2, 0.25) is 0 Å². The van der Waals surface area contributed by atoms with Crippen LogP contribution in [0.15, 0.2) is 72.8 Å². The van der Waals surface area contributed by atoms with Crippen molar-refractivity contribution in [2.75, 3.05) is 11.9 Å². The first-order chi connectivity index (χ1) is 14.1. The van der Waals surface area contributed by atoms with Crippen LogP contribution >= 0.6 is 0 Å². The molecule has 0 saturated heterocycles. The summed E-state index contributed by atoms with van der Waals surface area (Å²) in [6.07, 6.45) is 0. The number of ether oxygens (including phenoxy) is 2. The number of hydrogen-bond acceptors (Lipinski definition) is 5. The molecular weight excluding hydrogens is 372 g/mol. The van der Waals surface area contributed by atoms with E-state index in [2.05, 4.69) is 10.6 Å². The molecular formula is C22H16N2O5. The summed E-state index contributed by atoms with van der Waals surface area (Å²) in [6, 6.07) is 20.5. The fourth-order valence-electron chi connectivity index (χ4n) is 2.82. The van der Waals surface area contributed by atoms with Gasteiger partial charge in [-0.1, -0.05) is 18.2 Å². The van der Waals surface area contributed by atoms with Gasteiger partial charge in [-0.25, -0.2) is 0 Å². The van der Waals surface area contributed by atoms with E-state index >= 15 is 0 Å². The zero-order valence-corrected chi connectivity index (χ0v) is 15.2. The highest BCUT2D eigenvalue weighted by Gasteiger charge is 2.26. The van der Waals surface area contributed by atoms with Crippen LogP contribution in [0.3, 0.4) is 0 Å². The molecule has 29 heavy (non-hydrogen) atoms. The van der Waals surface area contributed by atoms with Crippen LogP contribution in [0.4, 0.5) is 5.69 Å². The molecule has 0 aromatic heterocycles. The summed E-state index contributed by atoms with van der Waals surface area (Å²) < 4.78 is 11.1. The first kappa shape index (κ1) is 18.2. The van der Waals surface area contributed by atoms with Gasteiger partial charge >= 0.3 is 0 Å². The molecule has 7 nitrogen and oxygen atoms in total. The molecule has 1 aliphatic rings. The van der Waals surface area contributed by atoms with Gasteiger partial charge in [-0.15, -0.1) is 0 Å². The molecule has 2 N–H and O–H groups in total. The summed E-state index contributed by atoms with van der Waals surface area (Å²) in [4.78, 5) is 35.3. The van der Waals surface area contributed by atoms with E-state index in [1.807, 2.05) is 18.2 Å². The lowest BCUT2D eigenvalue weighted by molar-refractivity contribution is -0.118. The maximum atomic E-state index is 12.0. The van der Waals surface area contributed by atoms with E-state index in [1.54, 1.807) is 48.5 Å². The van der Waals surface area contributed by atoms with Crippen molar-refractivity contribution in [1.29, 1.82) is 0 Å². The number of carbonyl (C=O) groups excluding carboxylic acids is 3. The van der Waals surface area contributed by atoms with Gasteiger partial charge in [0.15, 0.2) is 6.61 Å². The molecule has 0 saturated carbocycles. The first-order valence-electron chi connectivity index (χ1n) is 8.84. The number of amides is 3. The highest BCUT2D eigenvalue weighted by molar-refractivity contribution is 6.21. The monoisotopic (exact) mass is 388 g/mol.